The fraction of sp³-hybridized carbons (Fsp3) is 0.333. The van der Waals surface area contributed by atoms with E-state index in [1.807, 2.05) is 44.2 Å². The average Bonchev–Trinajstić information content (AvgIpc) is 2.79. The second kappa shape index (κ2) is 6.05. The zero-order valence-electron chi connectivity index (χ0n) is 11.5. The quantitative estimate of drug-likeness (QED) is 0.921. The number of thiophene rings is 1. The standard InChI is InChI=1S/C15H17NO3S/c1-10(2)8-16(9-14(17)18)15(19)13-7-11-5-3-4-6-12(11)20-13/h3-7,10H,8-9H2,1-2H3,(H,17,18). The molecule has 0 aliphatic rings. The number of hydrogen-bond donors (Lipinski definition) is 1. The number of carbonyl (C=O) groups is 2. The van der Waals surface area contributed by atoms with Gasteiger partial charge >= 0.3 is 5.97 Å². The molecule has 0 saturated heterocycles. The first-order valence-electron chi connectivity index (χ1n) is 6.47. The molecule has 0 fully saturated rings. The molecule has 2 aromatic rings. The summed E-state index contributed by atoms with van der Waals surface area (Å²) >= 11 is 1.40. The number of carbonyl (C=O) groups excluding carboxylic acids is 1. The number of benzene rings is 1. The minimum Gasteiger partial charge on any atom is -0.480 e. The van der Waals surface area contributed by atoms with Crippen LogP contribution in [0.5, 0.6) is 0 Å². The summed E-state index contributed by atoms with van der Waals surface area (Å²) in [5.74, 6) is -0.963. The summed E-state index contributed by atoms with van der Waals surface area (Å²) in [6, 6.07) is 9.59. The lowest BCUT2D eigenvalue weighted by Gasteiger charge is -2.21. The Bertz CT molecular complexity index is 600. The van der Waals surface area contributed by atoms with Crippen molar-refractivity contribution in [2.45, 2.75) is 13.8 Å². The lowest BCUT2D eigenvalue weighted by atomic mass is 10.2. The Balaban J connectivity index is 2.27. The van der Waals surface area contributed by atoms with Gasteiger partial charge in [0.2, 0.25) is 0 Å². The molecular formula is C15H17NO3S. The molecule has 1 amide bonds. The number of fused-ring (bicyclic) bond motifs is 1. The Labute approximate surface area is 121 Å². The fourth-order valence-electron chi connectivity index (χ4n) is 2.07. The summed E-state index contributed by atoms with van der Waals surface area (Å²) in [7, 11) is 0. The van der Waals surface area contributed by atoms with Crippen LogP contribution in [0.1, 0.15) is 23.5 Å². The first kappa shape index (κ1) is 14.5. The summed E-state index contributed by atoms with van der Waals surface area (Å²) < 4.78 is 1.04. The van der Waals surface area contributed by atoms with E-state index in [9.17, 15) is 9.59 Å². The third kappa shape index (κ3) is 3.36. The second-order valence-electron chi connectivity index (χ2n) is 5.12. The molecule has 1 heterocycles. The van der Waals surface area contributed by atoms with Gasteiger partial charge in [0.1, 0.15) is 6.54 Å². The van der Waals surface area contributed by atoms with E-state index in [1.165, 1.54) is 16.2 Å². The summed E-state index contributed by atoms with van der Waals surface area (Å²) in [6.45, 7) is 4.12. The van der Waals surface area contributed by atoms with Crippen LogP contribution in [-0.4, -0.2) is 35.0 Å². The van der Waals surface area contributed by atoms with Gasteiger partial charge in [0.25, 0.3) is 5.91 Å². The van der Waals surface area contributed by atoms with Crippen molar-refractivity contribution in [1.82, 2.24) is 4.90 Å². The molecule has 4 nitrogen and oxygen atoms in total. The van der Waals surface area contributed by atoms with Crippen LogP contribution in [-0.2, 0) is 4.79 Å². The first-order valence-corrected chi connectivity index (χ1v) is 7.28. The Morgan fingerprint density at radius 2 is 2.00 bits per heavy atom. The zero-order chi connectivity index (χ0) is 14.7. The molecule has 106 valence electrons. The molecule has 1 aromatic carbocycles. The Kier molecular flexibility index (Phi) is 4.39. The first-order chi connectivity index (χ1) is 9.47. The maximum atomic E-state index is 12.5. The van der Waals surface area contributed by atoms with Crippen molar-refractivity contribution in [2.24, 2.45) is 5.92 Å². The minimum absolute atomic E-state index is 0.206. The van der Waals surface area contributed by atoms with Crippen LogP contribution in [0.2, 0.25) is 0 Å². The summed E-state index contributed by atoms with van der Waals surface area (Å²) in [5, 5.41) is 9.96. The molecule has 0 bridgehead atoms. The smallest absolute Gasteiger partial charge is 0.323 e. The highest BCUT2D eigenvalue weighted by atomic mass is 32.1. The molecule has 2 rings (SSSR count). The monoisotopic (exact) mass is 291 g/mol. The number of carboxylic acid groups (broad SMARTS) is 1. The number of rotatable bonds is 5. The van der Waals surface area contributed by atoms with Crippen LogP contribution < -0.4 is 0 Å². The Morgan fingerprint density at radius 1 is 1.30 bits per heavy atom. The number of aliphatic carboxylic acids is 1. The van der Waals surface area contributed by atoms with Gasteiger partial charge in [0, 0.05) is 11.2 Å². The molecule has 0 spiro atoms. The normalized spacial score (nSPS) is 10.9. The van der Waals surface area contributed by atoms with Gasteiger partial charge in [-0.1, -0.05) is 32.0 Å². The highest BCUT2D eigenvalue weighted by Crippen LogP contribution is 2.26. The molecule has 0 unspecified atom stereocenters. The van der Waals surface area contributed by atoms with Crippen LogP contribution in [0.15, 0.2) is 30.3 Å². The van der Waals surface area contributed by atoms with Crippen LogP contribution in [0.3, 0.4) is 0 Å². The van der Waals surface area contributed by atoms with Gasteiger partial charge in [-0.15, -0.1) is 11.3 Å². The van der Waals surface area contributed by atoms with Crippen LogP contribution in [0.4, 0.5) is 0 Å². The largest absolute Gasteiger partial charge is 0.480 e. The number of hydrogen-bond acceptors (Lipinski definition) is 3. The van der Waals surface area contributed by atoms with Gasteiger partial charge in [0.05, 0.1) is 4.88 Å². The molecule has 1 aromatic heterocycles. The maximum Gasteiger partial charge on any atom is 0.323 e. The van der Waals surface area contributed by atoms with E-state index in [0.717, 1.165) is 10.1 Å². The van der Waals surface area contributed by atoms with Gasteiger partial charge in [-0.3, -0.25) is 9.59 Å². The van der Waals surface area contributed by atoms with E-state index >= 15 is 0 Å². The third-order valence-electron chi connectivity index (χ3n) is 2.84. The van der Waals surface area contributed by atoms with E-state index in [2.05, 4.69) is 0 Å². The molecule has 0 radical (unpaired) electrons. The van der Waals surface area contributed by atoms with Crippen LogP contribution >= 0.6 is 11.3 Å². The zero-order valence-corrected chi connectivity index (χ0v) is 12.3. The number of amides is 1. The van der Waals surface area contributed by atoms with E-state index in [4.69, 9.17) is 5.11 Å². The number of carboxylic acids is 1. The van der Waals surface area contributed by atoms with E-state index in [1.54, 1.807) is 0 Å². The van der Waals surface area contributed by atoms with Gasteiger partial charge in [-0.2, -0.15) is 0 Å². The molecule has 0 saturated carbocycles. The van der Waals surface area contributed by atoms with E-state index in [-0.39, 0.29) is 18.4 Å². The highest BCUT2D eigenvalue weighted by molar-refractivity contribution is 7.20. The lowest BCUT2D eigenvalue weighted by molar-refractivity contribution is -0.137. The second-order valence-corrected chi connectivity index (χ2v) is 6.21. The predicted octanol–water partition coefficient (Wildman–Crippen LogP) is 3.08. The SMILES string of the molecule is CC(C)CN(CC(=O)O)C(=O)c1cc2ccccc2s1. The lowest BCUT2D eigenvalue weighted by Crippen LogP contribution is -2.37. The van der Waals surface area contributed by atoms with Crippen molar-refractivity contribution in [2.75, 3.05) is 13.1 Å². The molecule has 0 aliphatic heterocycles. The fourth-order valence-corrected chi connectivity index (χ4v) is 3.10. The van der Waals surface area contributed by atoms with Crippen molar-refractivity contribution >= 4 is 33.3 Å². The van der Waals surface area contributed by atoms with Crippen molar-refractivity contribution in [1.29, 1.82) is 0 Å². The topological polar surface area (TPSA) is 57.6 Å². The molecule has 0 aliphatic carbocycles. The van der Waals surface area contributed by atoms with Crippen molar-refractivity contribution in [3.05, 3.63) is 35.2 Å². The van der Waals surface area contributed by atoms with E-state index < -0.39 is 5.97 Å². The van der Waals surface area contributed by atoms with E-state index in [0.29, 0.717) is 11.4 Å². The minimum atomic E-state index is -0.986. The summed E-state index contributed by atoms with van der Waals surface area (Å²) in [4.78, 5) is 25.4. The molecule has 0 atom stereocenters. The third-order valence-corrected chi connectivity index (χ3v) is 3.94. The maximum absolute atomic E-state index is 12.5. The molecule has 20 heavy (non-hydrogen) atoms. The molecular weight excluding hydrogens is 274 g/mol. The highest BCUT2D eigenvalue weighted by Gasteiger charge is 2.21. The van der Waals surface area contributed by atoms with Crippen molar-refractivity contribution in [3.63, 3.8) is 0 Å². The molecule has 5 heteroatoms. The summed E-state index contributed by atoms with van der Waals surface area (Å²) in [6.07, 6.45) is 0. The van der Waals surface area contributed by atoms with Crippen LogP contribution in [0, 0.1) is 5.92 Å². The average molecular weight is 291 g/mol. The van der Waals surface area contributed by atoms with Crippen LogP contribution in [0.25, 0.3) is 10.1 Å². The van der Waals surface area contributed by atoms with Gasteiger partial charge in [-0.05, 0) is 23.4 Å². The predicted molar refractivity (Wildman–Crippen MR) is 80.2 cm³/mol. The Hall–Kier alpha value is -1.88. The van der Waals surface area contributed by atoms with Crippen molar-refractivity contribution < 1.29 is 14.7 Å². The van der Waals surface area contributed by atoms with Gasteiger partial charge in [-0.25, -0.2) is 0 Å². The Morgan fingerprint density at radius 3 is 2.60 bits per heavy atom. The molecule has 1 N–H and O–H groups in total. The van der Waals surface area contributed by atoms with Gasteiger partial charge < -0.3 is 10.0 Å². The summed E-state index contributed by atoms with van der Waals surface area (Å²) in [5.41, 5.74) is 0. The number of nitrogens with zero attached hydrogens (tertiary/aromatic N) is 1. The van der Waals surface area contributed by atoms with Gasteiger partial charge in [0.15, 0.2) is 0 Å². The van der Waals surface area contributed by atoms with Crippen molar-refractivity contribution in [3.8, 4) is 0 Å².